The smallest absolute Gasteiger partial charge is 0.407 e. The lowest BCUT2D eigenvalue weighted by molar-refractivity contribution is 0.0509. The van der Waals surface area contributed by atoms with Gasteiger partial charge in [-0.05, 0) is 33.3 Å². The number of rotatable bonds is 2. The topological polar surface area (TPSA) is 67.3 Å². The summed E-state index contributed by atoms with van der Waals surface area (Å²) < 4.78 is 5.31. The van der Waals surface area contributed by atoms with Gasteiger partial charge in [-0.3, -0.25) is 0 Å². The normalized spacial score (nSPS) is 18.9. The summed E-state index contributed by atoms with van der Waals surface area (Å²) in [7, 11) is 0. The Morgan fingerprint density at radius 3 is 2.61 bits per heavy atom. The highest BCUT2D eigenvalue weighted by Crippen LogP contribution is 2.23. The van der Waals surface area contributed by atoms with Gasteiger partial charge in [0.25, 0.3) is 0 Å². The number of anilines is 1. The summed E-state index contributed by atoms with van der Waals surface area (Å²) >= 11 is 0. The third-order valence-corrected chi connectivity index (χ3v) is 3.54. The molecule has 1 aliphatic rings. The zero-order valence-electron chi connectivity index (χ0n) is 15.0. The lowest BCUT2D eigenvalue weighted by atomic mass is 9.96. The van der Waals surface area contributed by atoms with Crippen LogP contribution in [0.5, 0.6) is 0 Å². The van der Waals surface area contributed by atoms with Crippen molar-refractivity contribution >= 4 is 11.9 Å². The fourth-order valence-corrected chi connectivity index (χ4v) is 2.45. The number of carbonyl (C=O) groups excluding carboxylic acids is 1. The monoisotopic (exact) mass is 320 g/mol. The number of hydrogen-bond donors (Lipinski definition) is 1. The van der Waals surface area contributed by atoms with Gasteiger partial charge in [0, 0.05) is 24.7 Å². The molecule has 0 aliphatic carbocycles. The van der Waals surface area contributed by atoms with Gasteiger partial charge in [-0.2, -0.15) is 0 Å². The Hall–Kier alpha value is -1.85. The molecule has 1 amide bonds. The van der Waals surface area contributed by atoms with Crippen LogP contribution in [0, 0.1) is 0 Å². The summed E-state index contributed by atoms with van der Waals surface area (Å²) in [5.41, 5.74) is -0.555. The number of ether oxygens (including phenoxy) is 1. The molecule has 2 heterocycles. The second-order valence-corrected chi connectivity index (χ2v) is 8.07. The van der Waals surface area contributed by atoms with Gasteiger partial charge >= 0.3 is 6.09 Å². The zero-order valence-corrected chi connectivity index (χ0v) is 15.0. The molecule has 0 bridgehead atoms. The van der Waals surface area contributed by atoms with E-state index in [-0.39, 0.29) is 17.6 Å². The van der Waals surface area contributed by atoms with Crippen molar-refractivity contribution in [3.05, 3.63) is 18.1 Å². The van der Waals surface area contributed by atoms with Crippen molar-refractivity contribution in [3.63, 3.8) is 0 Å². The molecule has 6 nitrogen and oxygen atoms in total. The van der Waals surface area contributed by atoms with Crippen LogP contribution in [0.3, 0.4) is 0 Å². The van der Waals surface area contributed by atoms with Crippen LogP contribution in [0.1, 0.15) is 53.8 Å². The molecule has 0 aromatic carbocycles. The maximum Gasteiger partial charge on any atom is 0.407 e. The molecule has 1 aromatic rings. The molecule has 0 spiro atoms. The van der Waals surface area contributed by atoms with E-state index in [2.05, 4.69) is 41.0 Å². The van der Waals surface area contributed by atoms with Gasteiger partial charge in [-0.15, -0.1) is 0 Å². The van der Waals surface area contributed by atoms with Crippen LogP contribution in [0.15, 0.2) is 12.3 Å². The fourth-order valence-electron chi connectivity index (χ4n) is 2.45. The molecule has 1 aliphatic heterocycles. The number of hydrogen-bond acceptors (Lipinski definition) is 5. The van der Waals surface area contributed by atoms with E-state index in [0.29, 0.717) is 0 Å². The van der Waals surface area contributed by atoms with E-state index < -0.39 is 5.60 Å². The van der Waals surface area contributed by atoms with E-state index >= 15 is 0 Å². The van der Waals surface area contributed by atoms with Crippen molar-refractivity contribution in [3.8, 4) is 0 Å². The lowest BCUT2D eigenvalue weighted by Crippen LogP contribution is -2.40. The second-order valence-electron chi connectivity index (χ2n) is 8.07. The first-order chi connectivity index (χ1) is 10.5. The Morgan fingerprint density at radius 2 is 2.00 bits per heavy atom. The number of carbonyl (C=O) groups is 1. The Balaban J connectivity index is 1.97. The van der Waals surface area contributed by atoms with Crippen LogP contribution in [-0.2, 0) is 10.2 Å². The van der Waals surface area contributed by atoms with E-state index in [1.807, 2.05) is 26.8 Å². The van der Waals surface area contributed by atoms with Gasteiger partial charge in [0.1, 0.15) is 17.2 Å². The van der Waals surface area contributed by atoms with Crippen molar-refractivity contribution in [2.24, 2.45) is 0 Å². The Bertz CT molecular complexity index is 560. The van der Waals surface area contributed by atoms with Crippen molar-refractivity contribution < 1.29 is 9.53 Å². The second kappa shape index (κ2) is 6.34. The summed E-state index contributed by atoms with van der Waals surface area (Å²) in [5, 5.41) is 2.93. The van der Waals surface area contributed by atoms with Crippen LogP contribution < -0.4 is 10.2 Å². The van der Waals surface area contributed by atoms with Crippen LogP contribution in [0.4, 0.5) is 10.6 Å². The van der Waals surface area contributed by atoms with Gasteiger partial charge in [0.15, 0.2) is 0 Å². The van der Waals surface area contributed by atoms with E-state index in [4.69, 9.17) is 4.74 Å². The van der Waals surface area contributed by atoms with Gasteiger partial charge in [0.2, 0.25) is 0 Å². The average Bonchev–Trinajstić information content (AvgIpc) is 2.84. The molecule has 2 rings (SSSR count). The first-order valence-electron chi connectivity index (χ1n) is 8.12. The van der Waals surface area contributed by atoms with E-state index in [9.17, 15) is 4.79 Å². The number of aromatic nitrogens is 2. The van der Waals surface area contributed by atoms with Crippen LogP contribution in [0.25, 0.3) is 0 Å². The SMILES string of the molecule is CC(C)(C)OC(=O)N[C@@H]1CCN(c2ccnc(C(C)(C)C)n2)C1. The number of amides is 1. The van der Waals surface area contributed by atoms with Crippen molar-refractivity contribution in [2.45, 2.75) is 65.0 Å². The van der Waals surface area contributed by atoms with Gasteiger partial charge < -0.3 is 15.0 Å². The largest absolute Gasteiger partial charge is 0.444 e. The van der Waals surface area contributed by atoms with Crippen LogP contribution in [0.2, 0.25) is 0 Å². The predicted molar refractivity (Wildman–Crippen MR) is 90.7 cm³/mol. The van der Waals surface area contributed by atoms with Gasteiger partial charge in [0.05, 0.1) is 6.04 Å². The Labute approximate surface area is 138 Å². The molecular weight excluding hydrogens is 292 g/mol. The summed E-state index contributed by atoms with van der Waals surface area (Å²) in [6, 6.07) is 2.00. The molecule has 1 fully saturated rings. The van der Waals surface area contributed by atoms with Crippen molar-refractivity contribution in [2.75, 3.05) is 18.0 Å². The maximum atomic E-state index is 11.9. The molecule has 6 heteroatoms. The molecule has 0 unspecified atom stereocenters. The third kappa shape index (κ3) is 5.08. The standard InChI is InChI=1S/C17H28N4O2/c1-16(2,3)14-18-9-7-13(20-14)21-10-8-12(11-21)19-15(22)23-17(4,5)6/h7,9,12H,8,10-11H2,1-6H3,(H,19,22)/t12-/m1/s1. The van der Waals surface area contributed by atoms with E-state index in [1.165, 1.54) is 0 Å². The summed E-state index contributed by atoms with van der Waals surface area (Å²) in [6.45, 7) is 13.5. The highest BCUT2D eigenvalue weighted by molar-refractivity contribution is 5.68. The van der Waals surface area contributed by atoms with E-state index in [0.717, 1.165) is 31.2 Å². The minimum Gasteiger partial charge on any atom is -0.444 e. The fraction of sp³-hybridized carbons (Fsp3) is 0.706. The van der Waals surface area contributed by atoms with Crippen molar-refractivity contribution in [1.29, 1.82) is 0 Å². The molecule has 128 valence electrons. The molecule has 1 N–H and O–H groups in total. The molecule has 0 radical (unpaired) electrons. The molecule has 0 saturated carbocycles. The van der Waals surface area contributed by atoms with Crippen LogP contribution >= 0.6 is 0 Å². The third-order valence-electron chi connectivity index (χ3n) is 3.54. The lowest BCUT2D eigenvalue weighted by Gasteiger charge is -2.23. The van der Waals surface area contributed by atoms with Gasteiger partial charge in [-0.1, -0.05) is 20.8 Å². The molecule has 1 atom stereocenters. The minimum absolute atomic E-state index is 0.0795. The summed E-state index contributed by atoms with van der Waals surface area (Å²) in [4.78, 5) is 23.1. The zero-order chi connectivity index (χ0) is 17.3. The van der Waals surface area contributed by atoms with E-state index in [1.54, 1.807) is 6.20 Å². The molecular formula is C17H28N4O2. The van der Waals surface area contributed by atoms with Crippen LogP contribution in [-0.4, -0.2) is 40.8 Å². The number of nitrogens with zero attached hydrogens (tertiary/aromatic N) is 3. The predicted octanol–water partition coefficient (Wildman–Crippen LogP) is 2.88. The Kier molecular flexibility index (Phi) is 4.82. The van der Waals surface area contributed by atoms with Crippen molar-refractivity contribution in [1.82, 2.24) is 15.3 Å². The Morgan fingerprint density at radius 1 is 1.30 bits per heavy atom. The summed E-state index contributed by atoms with van der Waals surface area (Å²) in [5.74, 6) is 1.75. The van der Waals surface area contributed by atoms with Gasteiger partial charge in [-0.25, -0.2) is 14.8 Å². The molecule has 1 saturated heterocycles. The first-order valence-corrected chi connectivity index (χ1v) is 8.12. The minimum atomic E-state index is -0.476. The highest BCUT2D eigenvalue weighted by atomic mass is 16.6. The molecule has 23 heavy (non-hydrogen) atoms. The number of nitrogens with one attached hydrogen (secondary N) is 1. The average molecular weight is 320 g/mol. The summed E-state index contributed by atoms with van der Waals surface area (Å²) in [6.07, 6.45) is 2.33. The maximum absolute atomic E-state index is 11.9. The first kappa shape index (κ1) is 17.5. The highest BCUT2D eigenvalue weighted by Gasteiger charge is 2.27. The molecule has 1 aromatic heterocycles. The quantitative estimate of drug-likeness (QED) is 0.907. The number of alkyl carbamates (subject to hydrolysis) is 1.